The molecular weight excluding hydrogens is 300 g/mol. The SMILES string of the molecule is CN1C=CCC(C(=O)OCCN(N=O)C(=O)NCCCl)=C1. The van der Waals surface area contributed by atoms with E-state index in [9.17, 15) is 14.5 Å². The highest BCUT2D eigenvalue weighted by Crippen LogP contribution is 2.12. The van der Waals surface area contributed by atoms with E-state index in [0.717, 1.165) is 0 Å². The molecule has 0 aromatic heterocycles. The molecule has 8 nitrogen and oxygen atoms in total. The second kappa shape index (κ2) is 8.96. The molecule has 0 saturated carbocycles. The molecule has 0 atom stereocenters. The van der Waals surface area contributed by atoms with E-state index in [2.05, 4.69) is 10.6 Å². The topological polar surface area (TPSA) is 91.3 Å². The van der Waals surface area contributed by atoms with Gasteiger partial charge in [-0.15, -0.1) is 16.5 Å². The number of alkyl halides is 1. The van der Waals surface area contributed by atoms with Crippen molar-refractivity contribution < 1.29 is 14.3 Å². The number of ether oxygens (including phenoxy) is 1. The largest absolute Gasteiger partial charge is 0.460 e. The molecule has 0 unspecified atom stereocenters. The monoisotopic (exact) mass is 316 g/mol. The van der Waals surface area contributed by atoms with E-state index < -0.39 is 12.0 Å². The molecule has 0 saturated heterocycles. The van der Waals surface area contributed by atoms with Crippen LogP contribution in [-0.2, 0) is 9.53 Å². The van der Waals surface area contributed by atoms with Crippen molar-refractivity contribution in [2.45, 2.75) is 6.42 Å². The van der Waals surface area contributed by atoms with Crippen LogP contribution in [-0.4, -0.2) is 54.5 Å². The summed E-state index contributed by atoms with van der Waals surface area (Å²) in [5.41, 5.74) is 0.497. The first-order valence-corrected chi connectivity index (χ1v) is 6.83. The van der Waals surface area contributed by atoms with Crippen LogP contribution >= 0.6 is 11.6 Å². The van der Waals surface area contributed by atoms with Crippen LogP contribution in [0, 0.1) is 4.91 Å². The predicted octanol–water partition coefficient (Wildman–Crippen LogP) is 1.19. The van der Waals surface area contributed by atoms with Gasteiger partial charge >= 0.3 is 12.0 Å². The van der Waals surface area contributed by atoms with Crippen molar-refractivity contribution in [3.05, 3.63) is 29.0 Å². The van der Waals surface area contributed by atoms with Crippen LogP contribution in [0.3, 0.4) is 0 Å². The molecule has 1 N–H and O–H groups in total. The third kappa shape index (κ3) is 5.82. The molecule has 0 fully saturated rings. The summed E-state index contributed by atoms with van der Waals surface area (Å²) >= 11 is 5.41. The van der Waals surface area contributed by atoms with Gasteiger partial charge in [-0.25, -0.2) is 9.59 Å². The summed E-state index contributed by atoms with van der Waals surface area (Å²) in [4.78, 5) is 35.5. The number of urea groups is 1. The van der Waals surface area contributed by atoms with Crippen LogP contribution in [0.15, 0.2) is 29.3 Å². The maximum atomic E-state index is 11.8. The Hall–Kier alpha value is -2.09. The normalized spacial score (nSPS) is 13.4. The number of nitroso groups, excluding NO2 is 1. The third-order valence-corrected chi connectivity index (χ3v) is 2.73. The summed E-state index contributed by atoms with van der Waals surface area (Å²) in [6, 6.07) is -0.679. The van der Waals surface area contributed by atoms with Gasteiger partial charge in [0.25, 0.3) is 0 Å². The number of hydrogen-bond acceptors (Lipinski definition) is 6. The minimum atomic E-state index is -0.679. The first-order valence-electron chi connectivity index (χ1n) is 6.29. The number of nitrogens with one attached hydrogen (secondary N) is 1. The molecule has 1 aliphatic heterocycles. The van der Waals surface area contributed by atoms with Gasteiger partial charge in [-0.3, -0.25) is 0 Å². The summed E-state index contributed by atoms with van der Waals surface area (Å²) in [6.45, 7) is -0.0241. The Bertz CT molecular complexity index is 453. The van der Waals surface area contributed by atoms with Gasteiger partial charge in [0.15, 0.2) is 0 Å². The van der Waals surface area contributed by atoms with Crippen molar-refractivity contribution in [2.75, 3.05) is 32.6 Å². The Morgan fingerprint density at radius 1 is 1.57 bits per heavy atom. The molecule has 21 heavy (non-hydrogen) atoms. The van der Waals surface area contributed by atoms with Crippen molar-refractivity contribution in [1.82, 2.24) is 15.2 Å². The number of carbonyl (C=O) groups is 2. The number of nitrogens with zero attached hydrogens (tertiary/aromatic N) is 3. The molecule has 1 rings (SSSR count). The first kappa shape index (κ1) is 17.0. The molecule has 116 valence electrons. The van der Waals surface area contributed by atoms with Crippen LogP contribution in [0.25, 0.3) is 0 Å². The van der Waals surface area contributed by atoms with Gasteiger partial charge < -0.3 is 15.0 Å². The van der Waals surface area contributed by atoms with E-state index in [1.54, 1.807) is 18.1 Å². The lowest BCUT2D eigenvalue weighted by atomic mass is 10.1. The zero-order valence-corrected chi connectivity index (χ0v) is 12.4. The molecular formula is C12H17ClN4O4. The fraction of sp³-hybridized carbons (Fsp3) is 0.500. The highest BCUT2D eigenvalue weighted by molar-refractivity contribution is 6.18. The van der Waals surface area contributed by atoms with Gasteiger partial charge in [-0.1, -0.05) is 6.08 Å². The smallest absolute Gasteiger partial charge is 0.340 e. The molecule has 0 aliphatic carbocycles. The maximum Gasteiger partial charge on any atom is 0.340 e. The van der Waals surface area contributed by atoms with Crippen molar-refractivity contribution >= 4 is 23.6 Å². The molecule has 2 amide bonds. The lowest BCUT2D eigenvalue weighted by molar-refractivity contribution is -0.139. The summed E-state index contributed by atoms with van der Waals surface area (Å²) in [6.07, 6.45) is 5.80. The van der Waals surface area contributed by atoms with Gasteiger partial charge in [-0.2, -0.15) is 5.01 Å². The lowest BCUT2D eigenvalue weighted by Crippen LogP contribution is -2.39. The number of halogens is 1. The molecule has 1 aliphatic rings. The zero-order chi connectivity index (χ0) is 15.7. The highest BCUT2D eigenvalue weighted by Gasteiger charge is 2.16. The highest BCUT2D eigenvalue weighted by atomic mass is 35.5. The number of carbonyl (C=O) groups excluding carboxylic acids is 2. The fourth-order valence-corrected chi connectivity index (χ4v) is 1.66. The summed E-state index contributed by atoms with van der Waals surface area (Å²) in [5, 5.41) is 5.59. The average molecular weight is 317 g/mol. The summed E-state index contributed by atoms with van der Waals surface area (Å²) in [5.74, 6) is -0.263. The van der Waals surface area contributed by atoms with E-state index in [1.807, 2.05) is 12.3 Å². The molecule has 1 heterocycles. The van der Waals surface area contributed by atoms with Crippen molar-refractivity contribution in [3.63, 3.8) is 0 Å². The minimum Gasteiger partial charge on any atom is -0.460 e. The van der Waals surface area contributed by atoms with E-state index >= 15 is 0 Å². The van der Waals surface area contributed by atoms with Gasteiger partial charge in [0.05, 0.1) is 17.4 Å². The van der Waals surface area contributed by atoms with Crippen molar-refractivity contribution in [3.8, 4) is 0 Å². The van der Waals surface area contributed by atoms with Crippen LogP contribution in [0.1, 0.15) is 6.42 Å². The quantitative estimate of drug-likeness (QED) is 0.330. The lowest BCUT2D eigenvalue weighted by Gasteiger charge is -2.17. The van der Waals surface area contributed by atoms with E-state index in [0.29, 0.717) is 17.0 Å². The number of amides is 2. The first-order chi connectivity index (χ1) is 10.1. The number of rotatable bonds is 7. The molecule has 0 aromatic rings. The Labute approximate surface area is 127 Å². The van der Waals surface area contributed by atoms with Crippen LogP contribution < -0.4 is 5.32 Å². The molecule has 0 bridgehead atoms. The summed E-state index contributed by atoms with van der Waals surface area (Å²) in [7, 11) is 1.79. The van der Waals surface area contributed by atoms with E-state index in [1.165, 1.54) is 0 Å². The van der Waals surface area contributed by atoms with E-state index in [4.69, 9.17) is 16.3 Å². The molecule has 9 heteroatoms. The standard InChI is InChI=1S/C12H17ClN4O4/c1-16-6-2-3-10(9-16)11(18)21-8-7-17(15-20)12(19)14-5-4-13/h2,6,9H,3-5,7-8H2,1H3,(H,14,19). The second-order valence-electron chi connectivity index (χ2n) is 4.17. The summed E-state index contributed by atoms with van der Waals surface area (Å²) < 4.78 is 5.00. The Morgan fingerprint density at radius 2 is 2.33 bits per heavy atom. The van der Waals surface area contributed by atoms with Crippen molar-refractivity contribution in [1.29, 1.82) is 0 Å². The van der Waals surface area contributed by atoms with Crippen molar-refractivity contribution in [2.24, 2.45) is 5.29 Å². The van der Waals surface area contributed by atoms with Crippen LogP contribution in [0.4, 0.5) is 4.79 Å². The molecule has 0 aromatic carbocycles. The predicted molar refractivity (Wildman–Crippen MR) is 77.2 cm³/mol. The molecule has 0 radical (unpaired) electrons. The fourth-order valence-electron chi connectivity index (χ4n) is 1.57. The Balaban J connectivity index is 2.35. The maximum absolute atomic E-state index is 11.8. The second-order valence-corrected chi connectivity index (χ2v) is 4.55. The van der Waals surface area contributed by atoms with Gasteiger partial charge in [0, 0.05) is 32.1 Å². The van der Waals surface area contributed by atoms with Gasteiger partial charge in [0.2, 0.25) is 0 Å². The number of hydrogen-bond donors (Lipinski definition) is 1. The number of esters is 1. The van der Waals surface area contributed by atoms with Gasteiger partial charge in [0.1, 0.15) is 6.61 Å². The Kier molecular flexibility index (Phi) is 7.24. The van der Waals surface area contributed by atoms with Crippen LogP contribution in [0.5, 0.6) is 0 Å². The third-order valence-electron chi connectivity index (χ3n) is 2.54. The van der Waals surface area contributed by atoms with Crippen LogP contribution in [0.2, 0.25) is 0 Å². The Morgan fingerprint density at radius 3 is 2.95 bits per heavy atom. The van der Waals surface area contributed by atoms with E-state index in [-0.39, 0.29) is 25.6 Å². The van der Waals surface area contributed by atoms with Gasteiger partial charge in [-0.05, 0) is 6.20 Å². The number of allylic oxidation sites excluding steroid dienone is 1. The average Bonchev–Trinajstić information content (AvgIpc) is 2.49. The minimum absolute atomic E-state index is 0.121. The zero-order valence-electron chi connectivity index (χ0n) is 11.6. The molecule has 0 spiro atoms.